The van der Waals surface area contributed by atoms with E-state index in [1.807, 2.05) is 31.2 Å². The lowest BCUT2D eigenvalue weighted by Crippen LogP contribution is -2.25. The molecule has 0 atom stereocenters. The molecule has 0 N–H and O–H groups in total. The predicted molar refractivity (Wildman–Crippen MR) is 95.9 cm³/mol. The quantitative estimate of drug-likeness (QED) is 0.730. The van der Waals surface area contributed by atoms with Crippen LogP contribution in [0.1, 0.15) is 12.5 Å². The van der Waals surface area contributed by atoms with Gasteiger partial charge >= 0.3 is 0 Å². The predicted octanol–water partition coefficient (Wildman–Crippen LogP) is 4.03. The van der Waals surface area contributed by atoms with Crippen LogP contribution >= 0.6 is 0 Å². The highest BCUT2D eigenvalue weighted by atomic mass is 16.5. The third kappa shape index (κ3) is 2.87. The first-order valence-corrected chi connectivity index (χ1v) is 8.33. The van der Waals surface area contributed by atoms with Crippen molar-refractivity contribution in [1.82, 2.24) is 4.98 Å². The zero-order valence-corrected chi connectivity index (χ0v) is 13.7. The van der Waals surface area contributed by atoms with Gasteiger partial charge in [0.05, 0.1) is 18.7 Å². The standard InChI is InChI=1S/C20H20N2O2/c1-2-23-18-8-9-19-15(13-18)12-16-14-22(10-11-24-20(16)21-19)17-6-4-3-5-7-17/h3-9,12-13H,2,10-11,14H2,1H3. The van der Waals surface area contributed by atoms with Gasteiger partial charge in [-0.3, -0.25) is 0 Å². The molecule has 122 valence electrons. The van der Waals surface area contributed by atoms with E-state index in [1.54, 1.807) is 0 Å². The second-order valence-electron chi connectivity index (χ2n) is 5.85. The van der Waals surface area contributed by atoms with E-state index in [4.69, 9.17) is 14.5 Å². The molecule has 0 fully saturated rings. The Hall–Kier alpha value is -2.75. The van der Waals surface area contributed by atoms with E-state index in [1.165, 1.54) is 5.69 Å². The van der Waals surface area contributed by atoms with Gasteiger partial charge in [0.25, 0.3) is 0 Å². The number of rotatable bonds is 3. The van der Waals surface area contributed by atoms with Crippen LogP contribution in [0.15, 0.2) is 54.6 Å². The van der Waals surface area contributed by atoms with E-state index < -0.39 is 0 Å². The SMILES string of the molecule is CCOc1ccc2nc3c(cc2c1)CN(c1ccccc1)CCO3. The fraction of sp³-hybridized carbons (Fsp3) is 0.250. The highest BCUT2D eigenvalue weighted by molar-refractivity contribution is 5.82. The molecule has 24 heavy (non-hydrogen) atoms. The Bertz CT molecular complexity index is 849. The van der Waals surface area contributed by atoms with E-state index in [2.05, 4.69) is 35.2 Å². The molecule has 0 radical (unpaired) electrons. The van der Waals surface area contributed by atoms with Crippen LogP contribution in [0.3, 0.4) is 0 Å². The summed E-state index contributed by atoms with van der Waals surface area (Å²) in [5.41, 5.74) is 3.25. The Morgan fingerprint density at radius 3 is 2.83 bits per heavy atom. The maximum atomic E-state index is 5.90. The Morgan fingerprint density at radius 2 is 2.00 bits per heavy atom. The molecule has 0 saturated heterocycles. The van der Waals surface area contributed by atoms with Crippen LogP contribution in [0.25, 0.3) is 10.9 Å². The molecule has 1 aliphatic rings. The first-order chi connectivity index (χ1) is 11.8. The monoisotopic (exact) mass is 320 g/mol. The number of para-hydroxylation sites is 1. The number of benzene rings is 2. The van der Waals surface area contributed by atoms with E-state index in [0.29, 0.717) is 13.2 Å². The Morgan fingerprint density at radius 1 is 1.12 bits per heavy atom. The first-order valence-electron chi connectivity index (χ1n) is 8.33. The number of ether oxygens (including phenoxy) is 2. The second kappa shape index (κ2) is 6.40. The van der Waals surface area contributed by atoms with Crippen molar-refractivity contribution in [2.24, 2.45) is 0 Å². The summed E-state index contributed by atoms with van der Waals surface area (Å²) in [7, 11) is 0. The van der Waals surface area contributed by atoms with Gasteiger partial charge in [-0.2, -0.15) is 0 Å². The number of anilines is 1. The summed E-state index contributed by atoms with van der Waals surface area (Å²) < 4.78 is 11.5. The smallest absolute Gasteiger partial charge is 0.219 e. The van der Waals surface area contributed by atoms with Crippen molar-refractivity contribution < 1.29 is 9.47 Å². The molecular weight excluding hydrogens is 300 g/mol. The molecule has 4 heteroatoms. The molecule has 4 rings (SSSR count). The minimum Gasteiger partial charge on any atom is -0.494 e. The molecule has 0 saturated carbocycles. The molecule has 0 unspecified atom stereocenters. The topological polar surface area (TPSA) is 34.6 Å². The van der Waals surface area contributed by atoms with Crippen molar-refractivity contribution in [1.29, 1.82) is 0 Å². The third-order valence-corrected chi connectivity index (χ3v) is 4.22. The molecule has 0 spiro atoms. The van der Waals surface area contributed by atoms with Crippen LogP contribution in [0, 0.1) is 0 Å². The lowest BCUT2D eigenvalue weighted by molar-refractivity contribution is 0.320. The molecular formula is C20H20N2O2. The summed E-state index contributed by atoms with van der Waals surface area (Å²) in [6.45, 7) is 4.93. The number of pyridine rings is 1. The van der Waals surface area contributed by atoms with Crippen LogP contribution in [0.2, 0.25) is 0 Å². The van der Waals surface area contributed by atoms with Crippen molar-refractivity contribution in [2.45, 2.75) is 13.5 Å². The van der Waals surface area contributed by atoms with Crippen LogP contribution in [-0.2, 0) is 6.54 Å². The molecule has 0 aliphatic carbocycles. The third-order valence-electron chi connectivity index (χ3n) is 4.22. The normalized spacial score (nSPS) is 14.0. The fourth-order valence-corrected chi connectivity index (χ4v) is 3.07. The number of hydrogen-bond acceptors (Lipinski definition) is 4. The number of fused-ring (bicyclic) bond motifs is 2. The van der Waals surface area contributed by atoms with E-state index >= 15 is 0 Å². The summed E-state index contributed by atoms with van der Waals surface area (Å²) in [6.07, 6.45) is 0. The van der Waals surface area contributed by atoms with Crippen molar-refractivity contribution in [2.75, 3.05) is 24.7 Å². The molecule has 0 bridgehead atoms. The molecule has 3 aromatic rings. The largest absolute Gasteiger partial charge is 0.494 e. The highest BCUT2D eigenvalue weighted by Crippen LogP contribution is 2.29. The summed E-state index contributed by atoms with van der Waals surface area (Å²) in [6, 6.07) is 18.6. The molecule has 1 aliphatic heterocycles. The summed E-state index contributed by atoms with van der Waals surface area (Å²) in [5, 5.41) is 1.08. The van der Waals surface area contributed by atoms with Crippen LogP contribution in [-0.4, -0.2) is 24.7 Å². The number of nitrogens with zero attached hydrogens (tertiary/aromatic N) is 2. The first kappa shape index (κ1) is 14.8. The maximum Gasteiger partial charge on any atom is 0.219 e. The van der Waals surface area contributed by atoms with Gasteiger partial charge in [0.15, 0.2) is 0 Å². The van der Waals surface area contributed by atoms with Crippen LogP contribution < -0.4 is 14.4 Å². The molecule has 1 aromatic heterocycles. The second-order valence-corrected chi connectivity index (χ2v) is 5.85. The molecule has 2 heterocycles. The summed E-state index contributed by atoms with van der Waals surface area (Å²) in [4.78, 5) is 7.03. The molecule has 0 amide bonds. The molecule has 2 aromatic carbocycles. The highest BCUT2D eigenvalue weighted by Gasteiger charge is 2.18. The fourth-order valence-electron chi connectivity index (χ4n) is 3.07. The zero-order valence-electron chi connectivity index (χ0n) is 13.7. The Labute approximate surface area is 141 Å². The molecule has 4 nitrogen and oxygen atoms in total. The number of hydrogen-bond donors (Lipinski definition) is 0. The van der Waals surface area contributed by atoms with Crippen LogP contribution in [0.4, 0.5) is 5.69 Å². The summed E-state index contributed by atoms with van der Waals surface area (Å²) >= 11 is 0. The van der Waals surface area contributed by atoms with E-state index in [-0.39, 0.29) is 0 Å². The minimum atomic E-state index is 0.636. The summed E-state index contributed by atoms with van der Waals surface area (Å²) in [5.74, 6) is 1.62. The van der Waals surface area contributed by atoms with Gasteiger partial charge in [-0.25, -0.2) is 4.98 Å². The lowest BCUT2D eigenvalue weighted by Gasteiger charge is -2.21. The number of aromatic nitrogens is 1. The van der Waals surface area contributed by atoms with Gasteiger partial charge in [0.1, 0.15) is 12.4 Å². The van der Waals surface area contributed by atoms with E-state index in [0.717, 1.165) is 41.2 Å². The Kier molecular flexibility index (Phi) is 3.95. The average molecular weight is 320 g/mol. The van der Waals surface area contributed by atoms with Gasteiger partial charge in [0.2, 0.25) is 5.88 Å². The van der Waals surface area contributed by atoms with Crippen molar-refractivity contribution in [3.63, 3.8) is 0 Å². The van der Waals surface area contributed by atoms with Crippen molar-refractivity contribution in [3.8, 4) is 11.6 Å². The van der Waals surface area contributed by atoms with Gasteiger partial charge < -0.3 is 14.4 Å². The van der Waals surface area contributed by atoms with Gasteiger partial charge in [-0.1, -0.05) is 18.2 Å². The van der Waals surface area contributed by atoms with Gasteiger partial charge in [0, 0.05) is 23.2 Å². The Balaban J connectivity index is 1.72. The lowest BCUT2D eigenvalue weighted by atomic mass is 10.1. The minimum absolute atomic E-state index is 0.636. The van der Waals surface area contributed by atoms with E-state index in [9.17, 15) is 0 Å². The zero-order chi connectivity index (χ0) is 16.4. The average Bonchev–Trinajstić information content (AvgIpc) is 2.82. The van der Waals surface area contributed by atoms with Crippen LogP contribution in [0.5, 0.6) is 11.6 Å². The van der Waals surface area contributed by atoms with Crippen molar-refractivity contribution >= 4 is 16.6 Å². The van der Waals surface area contributed by atoms with Gasteiger partial charge in [-0.05, 0) is 43.3 Å². The maximum absolute atomic E-state index is 5.90. The van der Waals surface area contributed by atoms with Gasteiger partial charge in [-0.15, -0.1) is 0 Å². The van der Waals surface area contributed by atoms with Crippen molar-refractivity contribution in [3.05, 3.63) is 60.2 Å².